The number of amides is 2. The molecule has 0 radical (unpaired) electrons. The third kappa shape index (κ3) is 8.99. The number of esters is 1. The fourth-order valence-corrected chi connectivity index (χ4v) is 2.43. The summed E-state index contributed by atoms with van der Waals surface area (Å²) in [5, 5.41) is 8.70. The van der Waals surface area contributed by atoms with Gasteiger partial charge in [0.2, 0.25) is 11.8 Å². The van der Waals surface area contributed by atoms with Crippen molar-refractivity contribution in [2.24, 2.45) is 5.92 Å². The van der Waals surface area contributed by atoms with Crippen LogP contribution in [0.3, 0.4) is 0 Å². The summed E-state index contributed by atoms with van der Waals surface area (Å²) < 4.78 is 5.06. The van der Waals surface area contributed by atoms with Crippen molar-refractivity contribution in [1.82, 2.24) is 10.6 Å². The summed E-state index contributed by atoms with van der Waals surface area (Å²) in [6, 6.07) is 6.64. The van der Waals surface area contributed by atoms with Crippen molar-refractivity contribution in [3.63, 3.8) is 0 Å². The molecule has 0 saturated carbocycles. The SMILES string of the molecule is CCC(=O)OCc1ccc(NC(=O)CNC(=O)C(NC(C)(C)C)C(C)C)cc1. The van der Waals surface area contributed by atoms with E-state index in [2.05, 4.69) is 16.0 Å². The van der Waals surface area contributed by atoms with Crippen LogP contribution in [0.25, 0.3) is 0 Å². The van der Waals surface area contributed by atoms with Gasteiger partial charge in [-0.15, -0.1) is 0 Å². The zero-order chi connectivity index (χ0) is 21.3. The topological polar surface area (TPSA) is 96.5 Å². The lowest BCUT2D eigenvalue weighted by Crippen LogP contribution is -2.54. The number of carbonyl (C=O) groups excluding carboxylic acids is 3. The quantitative estimate of drug-likeness (QED) is 0.562. The van der Waals surface area contributed by atoms with Gasteiger partial charge in [-0.05, 0) is 44.4 Å². The Morgan fingerprint density at radius 3 is 2.18 bits per heavy atom. The molecule has 0 saturated heterocycles. The van der Waals surface area contributed by atoms with E-state index in [1.165, 1.54) is 0 Å². The Kier molecular flexibility index (Phi) is 9.12. The predicted molar refractivity (Wildman–Crippen MR) is 110 cm³/mol. The molecular formula is C21H33N3O4. The van der Waals surface area contributed by atoms with Crippen molar-refractivity contribution in [1.29, 1.82) is 0 Å². The Hall–Kier alpha value is -2.41. The molecule has 0 bridgehead atoms. The molecule has 28 heavy (non-hydrogen) atoms. The molecule has 0 heterocycles. The highest BCUT2D eigenvalue weighted by Gasteiger charge is 2.26. The molecule has 0 fully saturated rings. The number of ether oxygens (including phenoxy) is 1. The van der Waals surface area contributed by atoms with Crippen LogP contribution in [-0.2, 0) is 25.7 Å². The summed E-state index contributed by atoms with van der Waals surface area (Å²) in [6.07, 6.45) is 0.336. The van der Waals surface area contributed by atoms with Crippen molar-refractivity contribution in [3.05, 3.63) is 29.8 Å². The van der Waals surface area contributed by atoms with E-state index in [1.807, 2.05) is 34.6 Å². The highest BCUT2D eigenvalue weighted by Crippen LogP contribution is 2.11. The smallest absolute Gasteiger partial charge is 0.305 e. The molecule has 0 spiro atoms. The van der Waals surface area contributed by atoms with Crippen LogP contribution >= 0.6 is 0 Å². The number of anilines is 1. The Morgan fingerprint density at radius 2 is 1.68 bits per heavy atom. The number of hydrogen-bond donors (Lipinski definition) is 3. The minimum Gasteiger partial charge on any atom is -0.461 e. The second-order valence-corrected chi connectivity index (χ2v) is 8.09. The normalized spacial score (nSPS) is 12.4. The first-order valence-corrected chi connectivity index (χ1v) is 9.61. The Balaban J connectivity index is 2.51. The zero-order valence-corrected chi connectivity index (χ0v) is 17.7. The van der Waals surface area contributed by atoms with Crippen LogP contribution in [-0.4, -0.2) is 35.9 Å². The van der Waals surface area contributed by atoms with Crippen LogP contribution < -0.4 is 16.0 Å². The third-order valence-electron chi connectivity index (χ3n) is 3.89. The van der Waals surface area contributed by atoms with E-state index in [0.717, 1.165) is 5.56 Å². The number of hydrogen-bond acceptors (Lipinski definition) is 5. The molecule has 7 nitrogen and oxygen atoms in total. The maximum absolute atomic E-state index is 12.4. The van der Waals surface area contributed by atoms with Gasteiger partial charge in [0.15, 0.2) is 0 Å². The van der Waals surface area contributed by atoms with E-state index in [0.29, 0.717) is 12.1 Å². The molecule has 1 aromatic carbocycles. The molecule has 0 aliphatic heterocycles. The zero-order valence-electron chi connectivity index (χ0n) is 17.7. The Morgan fingerprint density at radius 1 is 1.07 bits per heavy atom. The first-order valence-electron chi connectivity index (χ1n) is 9.61. The molecule has 0 aromatic heterocycles. The van der Waals surface area contributed by atoms with Gasteiger partial charge < -0.3 is 20.7 Å². The fourth-order valence-electron chi connectivity index (χ4n) is 2.43. The lowest BCUT2D eigenvalue weighted by molar-refractivity contribution is -0.144. The minimum atomic E-state index is -0.377. The lowest BCUT2D eigenvalue weighted by atomic mass is 9.99. The van der Waals surface area contributed by atoms with E-state index in [-0.39, 0.29) is 48.4 Å². The highest BCUT2D eigenvalue weighted by molar-refractivity contribution is 5.95. The Labute approximate surface area is 167 Å². The predicted octanol–water partition coefficient (Wildman–Crippen LogP) is 2.61. The van der Waals surface area contributed by atoms with Crippen molar-refractivity contribution in [2.75, 3.05) is 11.9 Å². The summed E-state index contributed by atoms with van der Waals surface area (Å²) in [5.41, 5.74) is 1.24. The minimum absolute atomic E-state index is 0.0941. The van der Waals surface area contributed by atoms with Crippen molar-refractivity contribution in [3.8, 4) is 0 Å². The monoisotopic (exact) mass is 391 g/mol. The third-order valence-corrected chi connectivity index (χ3v) is 3.89. The molecule has 0 aliphatic rings. The maximum Gasteiger partial charge on any atom is 0.305 e. The second-order valence-electron chi connectivity index (χ2n) is 8.09. The highest BCUT2D eigenvalue weighted by atomic mass is 16.5. The van der Waals surface area contributed by atoms with Crippen LogP contribution in [0.4, 0.5) is 5.69 Å². The molecule has 1 rings (SSSR count). The van der Waals surface area contributed by atoms with Crippen LogP contribution in [0, 0.1) is 5.92 Å². The summed E-state index contributed by atoms with van der Waals surface area (Å²) >= 11 is 0. The van der Waals surface area contributed by atoms with E-state index >= 15 is 0 Å². The number of rotatable bonds is 9. The van der Waals surface area contributed by atoms with Crippen LogP contribution in [0.2, 0.25) is 0 Å². The summed E-state index contributed by atoms with van der Waals surface area (Å²) in [6.45, 7) is 11.7. The van der Waals surface area contributed by atoms with Crippen LogP contribution in [0.1, 0.15) is 53.5 Å². The molecule has 7 heteroatoms. The maximum atomic E-state index is 12.4. The van der Waals surface area contributed by atoms with E-state index in [1.54, 1.807) is 31.2 Å². The van der Waals surface area contributed by atoms with Crippen molar-refractivity contribution >= 4 is 23.5 Å². The molecular weight excluding hydrogens is 358 g/mol. The summed E-state index contributed by atoms with van der Waals surface area (Å²) in [7, 11) is 0. The van der Waals surface area contributed by atoms with E-state index < -0.39 is 0 Å². The molecule has 1 atom stereocenters. The van der Waals surface area contributed by atoms with Crippen molar-refractivity contribution in [2.45, 2.75) is 66.2 Å². The second kappa shape index (κ2) is 10.8. The number of carbonyl (C=O) groups is 3. The molecule has 3 N–H and O–H groups in total. The van der Waals surface area contributed by atoms with E-state index in [4.69, 9.17) is 4.74 Å². The molecule has 1 unspecified atom stereocenters. The number of nitrogens with one attached hydrogen (secondary N) is 3. The van der Waals surface area contributed by atoms with Gasteiger partial charge >= 0.3 is 5.97 Å². The lowest BCUT2D eigenvalue weighted by Gasteiger charge is -2.30. The van der Waals surface area contributed by atoms with Gasteiger partial charge in [-0.1, -0.05) is 32.9 Å². The van der Waals surface area contributed by atoms with Gasteiger partial charge in [0.05, 0.1) is 12.6 Å². The van der Waals surface area contributed by atoms with Crippen LogP contribution in [0.5, 0.6) is 0 Å². The summed E-state index contributed by atoms with van der Waals surface area (Å²) in [4.78, 5) is 35.7. The van der Waals surface area contributed by atoms with Crippen LogP contribution in [0.15, 0.2) is 24.3 Å². The average Bonchev–Trinajstić information content (AvgIpc) is 2.62. The Bertz CT molecular complexity index is 663. The summed E-state index contributed by atoms with van der Waals surface area (Å²) in [5.74, 6) is -0.671. The van der Waals surface area contributed by atoms with Gasteiger partial charge in [-0.3, -0.25) is 14.4 Å². The standard InChI is InChI=1S/C21H33N3O4/c1-7-18(26)28-13-15-8-10-16(11-9-15)23-17(25)12-22-20(27)19(14(2)3)24-21(4,5)6/h8-11,14,19,24H,7,12-13H2,1-6H3,(H,22,27)(H,23,25). The van der Waals surface area contributed by atoms with Crippen molar-refractivity contribution < 1.29 is 19.1 Å². The van der Waals surface area contributed by atoms with Gasteiger partial charge in [0.25, 0.3) is 0 Å². The van der Waals surface area contributed by atoms with E-state index in [9.17, 15) is 14.4 Å². The fraction of sp³-hybridized carbons (Fsp3) is 0.571. The van der Waals surface area contributed by atoms with Gasteiger partial charge in [-0.25, -0.2) is 0 Å². The molecule has 2 amide bonds. The van der Waals surface area contributed by atoms with Gasteiger partial charge in [-0.2, -0.15) is 0 Å². The largest absolute Gasteiger partial charge is 0.461 e. The first-order chi connectivity index (χ1) is 13.0. The first kappa shape index (κ1) is 23.6. The molecule has 1 aromatic rings. The molecule has 156 valence electrons. The van der Waals surface area contributed by atoms with Gasteiger partial charge in [0, 0.05) is 17.6 Å². The number of benzene rings is 1. The molecule has 0 aliphatic carbocycles. The van der Waals surface area contributed by atoms with Gasteiger partial charge in [0.1, 0.15) is 6.61 Å². The average molecular weight is 392 g/mol.